The highest BCUT2D eigenvalue weighted by Gasteiger charge is 2.31. The Kier molecular flexibility index (Phi) is 4.10. The number of hydrogen-bond acceptors (Lipinski definition) is 5. The van der Waals surface area contributed by atoms with Gasteiger partial charge in [0.05, 0.1) is 11.0 Å². The van der Waals surface area contributed by atoms with Gasteiger partial charge in [-0.25, -0.2) is 0 Å². The number of aliphatic hydroxyl groups excluding tert-OH is 1. The van der Waals surface area contributed by atoms with Crippen LogP contribution in [-0.4, -0.2) is 22.6 Å². The molecule has 19 heavy (non-hydrogen) atoms. The van der Waals surface area contributed by atoms with Crippen molar-refractivity contribution in [3.63, 3.8) is 0 Å². The smallest absolute Gasteiger partial charge is 0.304 e. The van der Waals surface area contributed by atoms with Crippen molar-refractivity contribution in [2.45, 2.75) is 45.8 Å². The second kappa shape index (κ2) is 5.46. The molecule has 2 heterocycles. The lowest BCUT2D eigenvalue weighted by Gasteiger charge is -2.37. The second-order valence-electron chi connectivity index (χ2n) is 5.46. The number of piperidine rings is 1. The lowest BCUT2D eigenvalue weighted by atomic mass is 9.95. The normalized spacial score (nSPS) is 25.4. The third kappa shape index (κ3) is 2.90. The molecule has 6 heteroatoms. The van der Waals surface area contributed by atoms with E-state index < -0.39 is 6.10 Å². The molecule has 1 saturated heterocycles. The molecule has 1 aliphatic rings. The minimum absolute atomic E-state index is 0.127. The molecule has 2 rings (SSSR count). The minimum atomic E-state index is -0.657. The van der Waals surface area contributed by atoms with Crippen LogP contribution < -0.4 is 4.90 Å². The highest BCUT2D eigenvalue weighted by Crippen LogP contribution is 2.42. The molecule has 0 spiro atoms. The molecule has 0 saturated carbocycles. The van der Waals surface area contributed by atoms with Gasteiger partial charge in [-0.2, -0.15) is 0 Å². The van der Waals surface area contributed by atoms with Crippen LogP contribution in [0.5, 0.6) is 0 Å². The van der Waals surface area contributed by atoms with Crippen molar-refractivity contribution >= 4 is 22.0 Å². The number of nitrogens with zero attached hydrogens (tertiary/aromatic N) is 2. The van der Waals surface area contributed by atoms with Crippen molar-refractivity contribution in [1.29, 1.82) is 0 Å². The molecular weight excluding hydrogens is 264 g/mol. The van der Waals surface area contributed by atoms with Gasteiger partial charge in [0.25, 0.3) is 0 Å². The van der Waals surface area contributed by atoms with Crippen LogP contribution in [0, 0.1) is 16.0 Å². The molecule has 1 fully saturated rings. The fourth-order valence-corrected chi connectivity index (χ4v) is 3.68. The molecule has 1 N–H and O–H groups in total. The van der Waals surface area contributed by atoms with Gasteiger partial charge >= 0.3 is 5.69 Å². The lowest BCUT2D eigenvalue weighted by molar-refractivity contribution is -0.383. The van der Waals surface area contributed by atoms with E-state index in [1.165, 1.54) is 23.8 Å². The van der Waals surface area contributed by atoms with E-state index in [1.54, 1.807) is 6.92 Å². The Morgan fingerprint density at radius 2 is 2.21 bits per heavy atom. The summed E-state index contributed by atoms with van der Waals surface area (Å²) in [4.78, 5) is 13.6. The van der Waals surface area contributed by atoms with Crippen LogP contribution in [0.3, 0.4) is 0 Å². The zero-order chi connectivity index (χ0) is 14.2. The van der Waals surface area contributed by atoms with E-state index in [0.717, 1.165) is 13.0 Å². The second-order valence-corrected chi connectivity index (χ2v) is 6.52. The van der Waals surface area contributed by atoms with Crippen molar-refractivity contribution in [2.75, 3.05) is 11.4 Å². The average molecular weight is 284 g/mol. The van der Waals surface area contributed by atoms with Crippen LogP contribution >= 0.6 is 11.3 Å². The van der Waals surface area contributed by atoms with E-state index in [0.29, 0.717) is 21.8 Å². The van der Waals surface area contributed by atoms with E-state index in [-0.39, 0.29) is 10.6 Å². The fourth-order valence-electron chi connectivity index (χ4n) is 2.50. The number of rotatable bonds is 3. The van der Waals surface area contributed by atoms with Crippen LogP contribution in [0.1, 0.15) is 44.6 Å². The summed E-state index contributed by atoms with van der Waals surface area (Å²) in [5.41, 5.74) is 0.127. The van der Waals surface area contributed by atoms with E-state index >= 15 is 0 Å². The predicted octanol–water partition coefficient (Wildman–Crippen LogP) is 3.33. The summed E-state index contributed by atoms with van der Waals surface area (Å²) < 4.78 is 0. The Hall–Kier alpha value is -1.14. The van der Waals surface area contributed by atoms with Gasteiger partial charge in [0, 0.05) is 23.5 Å². The Balaban J connectivity index is 2.39. The summed E-state index contributed by atoms with van der Waals surface area (Å²) >= 11 is 1.34. The summed E-state index contributed by atoms with van der Waals surface area (Å²) in [6.07, 6.45) is 1.57. The van der Waals surface area contributed by atoms with Crippen LogP contribution in [0.4, 0.5) is 10.7 Å². The van der Waals surface area contributed by atoms with Gasteiger partial charge in [0.15, 0.2) is 5.00 Å². The molecule has 0 aliphatic carbocycles. The Morgan fingerprint density at radius 3 is 2.79 bits per heavy atom. The van der Waals surface area contributed by atoms with Crippen molar-refractivity contribution in [1.82, 2.24) is 0 Å². The van der Waals surface area contributed by atoms with Gasteiger partial charge in [-0.3, -0.25) is 10.1 Å². The number of thiophene rings is 1. The Bertz CT molecular complexity index is 472. The highest BCUT2D eigenvalue weighted by atomic mass is 32.1. The topological polar surface area (TPSA) is 66.6 Å². The molecule has 0 amide bonds. The maximum atomic E-state index is 11.2. The van der Waals surface area contributed by atoms with E-state index in [9.17, 15) is 15.2 Å². The largest absolute Gasteiger partial charge is 0.388 e. The quantitative estimate of drug-likeness (QED) is 0.683. The SMILES string of the molecule is CC1CCC(C)N(c2sc([C@@H](C)O)cc2[N+](=O)[O-])C1. The molecule has 3 atom stereocenters. The molecule has 1 aromatic rings. The van der Waals surface area contributed by atoms with E-state index in [4.69, 9.17) is 0 Å². The first-order chi connectivity index (χ1) is 8.90. The van der Waals surface area contributed by atoms with Crippen molar-refractivity contribution in [2.24, 2.45) is 5.92 Å². The monoisotopic (exact) mass is 284 g/mol. The van der Waals surface area contributed by atoms with Crippen LogP contribution in [0.2, 0.25) is 0 Å². The van der Waals surface area contributed by atoms with Gasteiger partial charge in [-0.15, -0.1) is 11.3 Å². The van der Waals surface area contributed by atoms with E-state index in [1.807, 2.05) is 0 Å². The highest BCUT2D eigenvalue weighted by molar-refractivity contribution is 7.16. The Morgan fingerprint density at radius 1 is 1.53 bits per heavy atom. The van der Waals surface area contributed by atoms with Crippen molar-refractivity contribution < 1.29 is 10.0 Å². The molecule has 1 aromatic heterocycles. The van der Waals surface area contributed by atoms with Gasteiger partial charge < -0.3 is 10.0 Å². The number of anilines is 1. The average Bonchev–Trinajstić information content (AvgIpc) is 2.77. The molecule has 106 valence electrons. The molecule has 2 unspecified atom stereocenters. The van der Waals surface area contributed by atoms with Gasteiger partial charge in [-0.1, -0.05) is 6.92 Å². The minimum Gasteiger partial charge on any atom is -0.388 e. The zero-order valence-electron chi connectivity index (χ0n) is 11.5. The summed E-state index contributed by atoms with van der Waals surface area (Å²) in [6.45, 7) is 6.77. The first-order valence-electron chi connectivity index (χ1n) is 6.63. The molecule has 5 nitrogen and oxygen atoms in total. The molecule has 0 bridgehead atoms. The van der Waals surface area contributed by atoms with Crippen molar-refractivity contribution in [3.05, 3.63) is 21.1 Å². The summed E-state index contributed by atoms with van der Waals surface area (Å²) in [5.74, 6) is 0.549. The van der Waals surface area contributed by atoms with Crippen LogP contribution in [-0.2, 0) is 0 Å². The van der Waals surface area contributed by atoms with Crippen LogP contribution in [0.15, 0.2) is 6.07 Å². The molecule has 0 aromatic carbocycles. The molecule has 0 radical (unpaired) electrons. The predicted molar refractivity (Wildman–Crippen MR) is 76.8 cm³/mol. The summed E-state index contributed by atoms with van der Waals surface area (Å²) in [5, 5.41) is 21.5. The van der Waals surface area contributed by atoms with Gasteiger partial charge in [0.2, 0.25) is 0 Å². The van der Waals surface area contributed by atoms with Gasteiger partial charge in [-0.05, 0) is 32.6 Å². The fraction of sp³-hybridized carbons (Fsp3) is 0.692. The number of aliphatic hydroxyl groups is 1. The third-order valence-corrected chi connectivity index (χ3v) is 5.03. The first kappa shape index (κ1) is 14.3. The zero-order valence-corrected chi connectivity index (χ0v) is 12.3. The van der Waals surface area contributed by atoms with Crippen molar-refractivity contribution in [3.8, 4) is 0 Å². The third-order valence-electron chi connectivity index (χ3n) is 3.70. The van der Waals surface area contributed by atoms with Crippen LogP contribution in [0.25, 0.3) is 0 Å². The number of hydrogen-bond donors (Lipinski definition) is 1. The summed E-state index contributed by atoms with van der Waals surface area (Å²) in [6, 6.07) is 1.83. The standard InChI is InChI=1S/C13H20N2O3S/c1-8-4-5-9(2)14(7-8)13-11(15(17)18)6-12(19-13)10(3)16/h6,8-10,16H,4-5,7H2,1-3H3/t8?,9?,10-/m1/s1. The molecular formula is C13H20N2O3S. The lowest BCUT2D eigenvalue weighted by Crippen LogP contribution is -2.40. The molecule has 1 aliphatic heterocycles. The summed E-state index contributed by atoms with van der Waals surface area (Å²) in [7, 11) is 0. The maximum absolute atomic E-state index is 11.2. The maximum Gasteiger partial charge on any atom is 0.304 e. The first-order valence-corrected chi connectivity index (χ1v) is 7.44. The number of nitro groups is 1. The van der Waals surface area contributed by atoms with Gasteiger partial charge in [0.1, 0.15) is 0 Å². The Labute approximate surface area is 117 Å². The van der Waals surface area contributed by atoms with E-state index in [2.05, 4.69) is 18.7 Å².